The maximum Gasteiger partial charge on any atom is 0.263 e. The van der Waals surface area contributed by atoms with Gasteiger partial charge in [-0.25, -0.2) is 4.98 Å². The third kappa shape index (κ3) is 3.06. The molecule has 3 rings (SSSR count). The van der Waals surface area contributed by atoms with Gasteiger partial charge in [0.2, 0.25) is 0 Å². The van der Waals surface area contributed by atoms with Crippen molar-refractivity contribution in [2.45, 2.75) is 57.5 Å². The smallest absolute Gasteiger partial charge is 0.263 e. The Balaban J connectivity index is 1.65. The predicted octanol–water partition coefficient (Wildman–Crippen LogP) is 1.32. The van der Waals surface area contributed by atoms with Crippen LogP contribution in [0.1, 0.15) is 67.5 Å². The Kier molecular flexibility index (Phi) is 4.04. The summed E-state index contributed by atoms with van der Waals surface area (Å²) in [7, 11) is 0. The van der Waals surface area contributed by atoms with E-state index >= 15 is 0 Å². The molecule has 0 saturated heterocycles. The van der Waals surface area contributed by atoms with Crippen molar-refractivity contribution in [3.8, 4) is 0 Å². The average Bonchev–Trinajstić information content (AvgIpc) is 3.33. The van der Waals surface area contributed by atoms with E-state index in [-0.39, 0.29) is 16.5 Å². The van der Waals surface area contributed by atoms with Gasteiger partial charge in [0.1, 0.15) is 11.4 Å². The van der Waals surface area contributed by atoms with Crippen molar-refractivity contribution < 1.29 is 9.90 Å². The minimum Gasteiger partial charge on any atom is -0.392 e. The van der Waals surface area contributed by atoms with E-state index in [1.807, 2.05) is 6.92 Å². The molecule has 6 heteroatoms. The number of aromatic nitrogens is 2. The van der Waals surface area contributed by atoms with E-state index in [0.717, 1.165) is 38.5 Å². The molecule has 1 amide bonds. The lowest BCUT2D eigenvalue weighted by atomic mass is 9.73. The fraction of sp³-hybridized carbons (Fsp3) is 0.688. The van der Waals surface area contributed by atoms with Crippen LogP contribution in [0.5, 0.6) is 0 Å². The summed E-state index contributed by atoms with van der Waals surface area (Å²) < 4.78 is 0. The number of nitrogens with one attached hydrogen (secondary N) is 2. The van der Waals surface area contributed by atoms with Crippen LogP contribution in [0.3, 0.4) is 0 Å². The number of carbonyl (C=O) groups is 1. The molecule has 0 aliphatic heterocycles. The quantitative estimate of drug-likeness (QED) is 0.782. The number of H-pyrrole nitrogens is 1. The number of hydrogen-bond acceptors (Lipinski definition) is 4. The number of hydrogen-bond donors (Lipinski definition) is 3. The van der Waals surface area contributed by atoms with Crippen LogP contribution in [0.25, 0.3) is 0 Å². The zero-order chi connectivity index (χ0) is 15.7. The molecule has 120 valence electrons. The number of rotatable bonds is 4. The third-order valence-electron chi connectivity index (χ3n) is 4.96. The van der Waals surface area contributed by atoms with Gasteiger partial charge in [0.05, 0.1) is 6.10 Å². The van der Waals surface area contributed by atoms with Gasteiger partial charge in [-0.1, -0.05) is 19.8 Å². The molecule has 2 fully saturated rings. The van der Waals surface area contributed by atoms with Gasteiger partial charge < -0.3 is 15.4 Å². The topological polar surface area (TPSA) is 95.1 Å². The van der Waals surface area contributed by atoms with Crippen molar-refractivity contribution in [3.05, 3.63) is 27.9 Å². The molecule has 0 bridgehead atoms. The number of carbonyl (C=O) groups excluding carboxylic acids is 1. The van der Waals surface area contributed by atoms with Gasteiger partial charge in [0, 0.05) is 24.1 Å². The minimum atomic E-state index is -0.421. The molecule has 0 radical (unpaired) electrons. The fourth-order valence-corrected chi connectivity index (χ4v) is 3.10. The van der Waals surface area contributed by atoms with E-state index in [1.165, 1.54) is 6.20 Å². The summed E-state index contributed by atoms with van der Waals surface area (Å²) >= 11 is 0. The molecule has 2 saturated carbocycles. The molecule has 0 spiro atoms. The summed E-state index contributed by atoms with van der Waals surface area (Å²) in [4.78, 5) is 31.1. The van der Waals surface area contributed by atoms with Crippen LogP contribution in [-0.4, -0.2) is 33.6 Å². The number of aliphatic hydroxyl groups excluding tert-OH is 1. The maximum atomic E-state index is 12.2. The first kappa shape index (κ1) is 15.2. The van der Waals surface area contributed by atoms with E-state index in [1.54, 1.807) is 0 Å². The van der Waals surface area contributed by atoms with Gasteiger partial charge in [-0.2, -0.15) is 0 Å². The van der Waals surface area contributed by atoms with Gasteiger partial charge in [0.15, 0.2) is 0 Å². The van der Waals surface area contributed by atoms with Gasteiger partial charge >= 0.3 is 0 Å². The molecule has 3 N–H and O–H groups in total. The highest BCUT2D eigenvalue weighted by atomic mass is 16.3. The molecule has 2 aliphatic rings. The largest absolute Gasteiger partial charge is 0.392 e. The van der Waals surface area contributed by atoms with Crippen LogP contribution in [0, 0.1) is 5.41 Å². The maximum absolute atomic E-state index is 12.2. The Morgan fingerprint density at radius 1 is 1.45 bits per heavy atom. The SMILES string of the molecule is C[C@@]1(CNC(=O)c2cnc(C3CC3)[nH]c2=O)CCCC[C@@H]1O. The Morgan fingerprint density at radius 3 is 2.86 bits per heavy atom. The second-order valence-electron chi connectivity index (χ2n) is 6.88. The van der Waals surface area contributed by atoms with Crippen molar-refractivity contribution >= 4 is 5.91 Å². The van der Waals surface area contributed by atoms with Gasteiger partial charge in [-0.05, 0) is 25.7 Å². The van der Waals surface area contributed by atoms with Crippen LogP contribution in [-0.2, 0) is 0 Å². The fourth-order valence-electron chi connectivity index (χ4n) is 3.10. The van der Waals surface area contributed by atoms with Crippen LogP contribution in [0.15, 0.2) is 11.0 Å². The van der Waals surface area contributed by atoms with Gasteiger partial charge in [-0.3, -0.25) is 9.59 Å². The van der Waals surface area contributed by atoms with Crippen LogP contribution in [0.4, 0.5) is 0 Å². The Bertz CT molecular complexity index is 623. The molecule has 1 aromatic heterocycles. The van der Waals surface area contributed by atoms with Crippen molar-refractivity contribution in [2.75, 3.05) is 6.54 Å². The summed E-state index contributed by atoms with van der Waals surface area (Å²) in [5.41, 5.74) is -0.663. The third-order valence-corrected chi connectivity index (χ3v) is 4.96. The molecular weight excluding hydrogens is 282 g/mol. The zero-order valence-electron chi connectivity index (χ0n) is 12.9. The summed E-state index contributed by atoms with van der Waals surface area (Å²) in [6.07, 6.45) is 6.78. The molecule has 0 unspecified atom stereocenters. The number of aromatic amines is 1. The lowest BCUT2D eigenvalue weighted by Gasteiger charge is -2.38. The molecule has 6 nitrogen and oxygen atoms in total. The van der Waals surface area contributed by atoms with Crippen molar-refractivity contribution in [3.63, 3.8) is 0 Å². The minimum absolute atomic E-state index is 0.0401. The first-order chi connectivity index (χ1) is 10.5. The highest BCUT2D eigenvalue weighted by Gasteiger charge is 2.35. The highest BCUT2D eigenvalue weighted by molar-refractivity contribution is 5.93. The van der Waals surface area contributed by atoms with Crippen molar-refractivity contribution in [1.82, 2.24) is 15.3 Å². The van der Waals surface area contributed by atoms with E-state index in [9.17, 15) is 14.7 Å². The lowest BCUT2D eigenvalue weighted by Crippen LogP contribution is -2.45. The second-order valence-corrected chi connectivity index (χ2v) is 6.88. The number of aliphatic hydroxyl groups is 1. The Morgan fingerprint density at radius 2 is 2.23 bits per heavy atom. The molecular formula is C16H23N3O3. The van der Waals surface area contributed by atoms with E-state index < -0.39 is 12.0 Å². The monoisotopic (exact) mass is 305 g/mol. The van der Waals surface area contributed by atoms with Gasteiger partial charge in [0.25, 0.3) is 11.5 Å². The normalized spacial score (nSPS) is 28.4. The summed E-state index contributed by atoms with van der Waals surface area (Å²) in [6, 6.07) is 0. The van der Waals surface area contributed by atoms with E-state index in [0.29, 0.717) is 18.3 Å². The molecule has 2 aliphatic carbocycles. The van der Waals surface area contributed by atoms with Crippen molar-refractivity contribution in [1.29, 1.82) is 0 Å². The Labute approximate surface area is 129 Å². The highest BCUT2D eigenvalue weighted by Crippen LogP contribution is 2.37. The summed E-state index contributed by atoms with van der Waals surface area (Å²) in [5.74, 6) is 0.604. The Hall–Kier alpha value is -1.69. The van der Waals surface area contributed by atoms with E-state index in [4.69, 9.17) is 0 Å². The van der Waals surface area contributed by atoms with Crippen molar-refractivity contribution in [2.24, 2.45) is 5.41 Å². The van der Waals surface area contributed by atoms with E-state index in [2.05, 4.69) is 15.3 Å². The second kappa shape index (κ2) is 5.83. The first-order valence-corrected chi connectivity index (χ1v) is 8.05. The standard InChI is InChI=1S/C16H23N3O3/c1-16(7-3-2-4-12(16)20)9-18-14(21)11-8-17-13(10-5-6-10)19-15(11)22/h8,10,12,20H,2-7,9H2,1H3,(H,18,21)(H,17,19,22)/t12-,16-/m0/s1. The van der Waals surface area contributed by atoms with Gasteiger partial charge in [-0.15, -0.1) is 0 Å². The molecule has 0 aromatic carbocycles. The first-order valence-electron chi connectivity index (χ1n) is 8.05. The molecule has 1 aromatic rings. The lowest BCUT2D eigenvalue weighted by molar-refractivity contribution is 0.00189. The molecule has 2 atom stereocenters. The van der Waals surface area contributed by atoms with Crippen LogP contribution in [0.2, 0.25) is 0 Å². The average molecular weight is 305 g/mol. The molecule has 1 heterocycles. The summed E-state index contributed by atoms with van der Waals surface area (Å²) in [6.45, 7) is 2.35. The molecule has 22 heavy (non-hydrogen) atoms. The zero-order valence-corrected chi connectivity index (χ0v) is 12.9. The predicted molar refractivity (Wildman–Crippen MR) is 81.7 cm³/mol. The number of amides is 1. The van der Waals surface area contributed by atoms with Crippen LogP contribution < -0.4 is 10.9 Å². The summed E-state index contributed by atoms with van der Waals surface area (Å²) in [5, 5.41) is 12.9. The number of nitrogens with zero attached hydrogens (tertiary/aromatic N) is 1. The van der Waals surface area contributed by atoms with Crippen LogP contribution >= 0.6 is 0 Å².